The van der Waals surface area contributed by atoms with Gasteiger partial charge in [-0.05, 0) is 33.0 Å². The topological polar surface area (TPSA) is 26.3 Å². The van der Waals surface area contributed by atoms with Crippen molar-refractivity contribution in [3.63, 3.8) is 0 Å². The molecule has 0 aromatic rings. The molecule has 0 aromatic carbocycles. The van der Waals surface area contributed by atoms with Crippen LogP contribution in [0.15, 0.2) is 0 Å². The monoisotopic (exact) mass is 160 g/mol. The third-order valence-corrected chi connectivity index (χ3v) is 0.920. The zero-order valence-corrected chi connectivity index (χ0v) is 7.33. The van der Waals surface area contributed by atoms with Crippen LogP contribution in [0.2, 0.25) is 0 Å². The Bertz CT molecular complexity index is 135. The zero-order valence-electron chi connectivity index (χ0n) is 6.51. The standard InChI is InChI=1S/C7H12O2S/c1-7(2,3)9-6(10)4-5-8/h5H,4H2,1-3H3. The van der Waals surface area contributed by atoms with Crippen LogP contribution in [0.5, 0.6) is 0 Å². The van der Waals surface area contributed by atoms with Crippen LogP contribution in [0.4, 0.5) is 0 Å². The van der Waals surface area contributed by atoms with E-state index < -0.39 is 0 Å². The largest absolute Gasteiger partial charge is 0.481 e. The number of hydrogen-bond acceptors (Lipinski definition) is 3. The fraction of sp³-hybridized carbons (Fsp3) is 0.714. The lowest BCUT2D eigenvalue weighted by Crippen LogP contribution is -2.22. The number of carbonyl (C=O) groups excluding carboxylic acids is 1. The summed E-state index contributed by atoms with van der Waals surface area (Å²) >= 11 is 4.75. The highest BCUT2D eigenvalue weighted by Gasteiger charge is 2.12. The van der Waals surface area contributed by atoms with Gasteiger partial charge in [-0.2, -0.15) is 0 Å². The highest BCUT2D eigenvalue weighted by atomic mass is 32.1. The van der Waals surface area contributed by atoms with E-state index in [0.29, 0.717) is 5.05 Å². The summed E-state index contributed by atoms with van der Waals surface area (Å²) in [7, 11) is 0. The molecule has 0 heterocycles. The van der Waals surface area contributed by atoms with Gasteiger partial charge >= 0.3 is 0 Å². The summed E-state index contributed by atoms with van der Waals surface area (Å²) < 4.78 is 5.18. The third kappa shape index (κ3) is 5.69. The van der Waals surface area contributed by atoms with Crippen molar-refractivity contribution in [1.82, 2.24) is 0 Å². The number of carbonyl (C=O) groups is 1. The first kappa shape index (κ1) is 9.56. The van der Waals surface area contributed by atoms with Crippen molar-refractivity contribution < 1.29 is 9.53 Å². The van der Waals surface area contributed by atoms with Gasteiger partial charge < -0.3 is 9.53 Å². The van der Waals surface area contributed by atoms with E-state index in [1.165, 1.54) is 0 Å². The van der Waals surface area contributed by atoms with E-state index in [4.69, 9.17) is 17.0 Å². The molecule has 2 nitrogen and oxygen atoms in total. The molecule has 0 amide bonds. The summed E-state index contributed by atoms with van der Waals surface area (Å²) in [6.45, 7) is 5.68. The summed E-state index contributed by atoms with van der Waals surface area (Å²) in [5, 5.41) is 0.363. The molecule has 0 aliphatic heterocycles. The number of rotatable bonds is 2. The summed E-state index contributed by atoms with van der Waals surface area (Å²) in [6, 6.07) is 0. The Balaban J connectivity index is 3.68. The van der Waals surface area contributed by atoms with Crippen molar-refractivity contribution in [3.8, 4) is 0 Å². The summed E-state index contributed by atoms with van der Waals surface area (Å²) in [4.78, 5) is 9.93. The first-order valence-electron chi connectivity index (χ1n) is 3.11. The Labute approximate surface area is 66.6 Å². The van der Waals surface area contributed by atoms with Crippen molar-refractivity contribution in [2.24, 2.45) is 0 Å². The van der Waals surface area contributed by atoms with Crippen molar-refractivity contribution in [2.45, 2.75) is 32.8 Å². The average molecular weight is 160 g/mol. The van der Waals surface area contributed by atoms with Gasteiger partial charge in [0, 0.05) is 0 Å². The van der Waals surface area contributed by atoms with Gasteiger partial charge in [0.2, 0.25) is 0 Å². The van der Waals surface area contributed by atoms with Crippen LogP contribution in [0.1, 0.15) is 27.2 Å². The van der Waals surface area contributed by atoms with E-state index in [2.05, 4.69) is 0 Å². The highest BCUT2D eigenvalue weighted by molar-refractivity contribution is 7.80. The normalized spacial score (nSPS) is 10.7. The van der Waals surface area contributed by atoms with Gasteiger partial charge in [-0.1, -0.05) is 0 Å². The molecule has 0 aliphatic carbocycles. The van der Waals surface area contributed by atoms with Crippen LogP contribution in [0.3, 0.4) is 0 Å². The Morgan fingerprint density at radius 1 is 1.60 bits per heavy atom. The van der Waals surface area contributed by atoms with Gasteiger partial charge in [-0.25, -0.2) is 0 Å². The molecule has 0 atom stereocenters. The molecule has 0 unspecified atom stereocenters. The lowest BCUT2D eigenvalue weighted by Gasteiger charge is -2.20. The SMILES string of the molecule is CC(C)(C)OC(=S)CC=O. The van der Waals surface area contributed by atoms with Gasteiger partial charge in [0.1, 0.15) is 11.9 Å². The number of hydrogen-bond donors (Lipinski definition) is 0. The van der Waals surface area contributed by atoms with Gasteiger partial charge in [0.25, 0.3) is 0 Å². The average Bonchev–Trinajstić information content (AvgIpc) is 1.59. The van der Waals surface area contributed by atoms with E-state index in [1.54, 1.807) is 0 Å². The molecule has 0 saturated heterocycles. The maximum Gasteiger partial charge on any atom is 0.167 e. The second kappa shape index (κ2) is 3.66. The predicted molar refractivity (Wildman–Crippen MR) is 44.1 cm³/mol. The zero-order chi connectivity index (χ0) is 8.20. The predicted octanol–water partition coefficient (Wildman–Crippen LogP) is 1.72. The van der Waals surface area contributed by atoms with Crippen molar-refractivity contribution in [3.05, 3.63) is 0 Å². The molecule has 0 saturated carbocycles. The maximum absolute atomic E-state index is 9.93. The Kier molecular flexibility index (Phi) is 3.50. The van der Waals surface area contributed by atoms with Gasteiger partial charge in [-0.3, -0.25) is 0 Å². The number of thiocarbonyl (C=S) groups is 1. The molecule has 0 rings (SSSR count). The van der Waals surface area contributed by atoms with Crippen LogP contribution < -0.4 is 0 Å². The van der Waals surface area contributed by atoms with Crippen LogP contribution in [0, 0.1) is 0 Å². The second-order valence-corrected chi connectivity index (χ2v) is 3.41. The lowest BCUT2D eigenvalue weighted by atomic mass is 10.2. The minimum absolute atomic E-state index is 0.215. The van der Waals surface area contributed by atoms with Crippen LogP contribution >= 0.6 is 12.2 Å². The summed E-state index contributed by atoms with van der Waals surface area (Å²) in [5.74, 6) is 0. The van der Waals surface area contributed by atoms with Gasteiger partial charge in [0.15, 0.2) is 5.05 Å². The van der Waals surface area contributed by atoms with Crippen molar-refractivity contribution in [1.29, 1.82) is 0 Å². The smallest absolute Gasteiger partial charge is 0.167 e. The second-order valence-electron chi connectivity index (χ2n) is 2.96. The molecule has 3 heteroatoms. The summed E-state index contributed by atoms with van der Waals surface area (Å²) in [5.41, 5.74) is -0.278. The molecule has 0 bridgehead atoms. The molecule has 58 valence electrons. The highest BCUT2D eigenvalue weighted by Crippen LogP contribution is 2.08. The van der Waals surface area contributed by atoms with Crippen LogP contribution in [0.25, 0.3) is 0 Å². The van der Waals surface area contributed by atoms with Crippen LogP contribution in [-0.4, -0.2) is 16.9 Å². The molecular weight excluding hydrogens is 148 g/mol. The van der Waals surface area contributed by atoms with E-state index in [0.717, 1.165) is 6.29 Å². The molecule has 0 radical (unpaired) electrons. The minimum atomic E-state index is -0.278. The Morgan fingerprint density at radius 2 is 2.10 bits per heavy atom. The molecule has 0 aromatic heterocycles. The van der Waals surface area contributed by atoms with E-state index in [1.807, 2.05) is 20.8 Å². The lowest BCUT2D eigenvalue weighted by molar-refractivity contribution is -0.107. The van der Waals surface area contributed by atoms with E-state index >= 15 is 0 Å². The summed E-state index contributed by atoms with van der Waals surface area (Å²) in [6.07, 6.45) is 0.959. The van der Waals surface area contributed by atoms with E-state index in [9.17, 15) is 4.79 Å². The van der Waals surface area contributed by atoms with E-state index in [-0.39, 0.29) is 12.0 Å². The van der Waals surface area contributed by atoms with Gasteiger partial charge in [0.05, 0.1) is 6.42 Å². The molecule has 10 heavy (non-hydrogen) atoms. The molecule has 0 aliphatic rings. The maximum atomic E-state index is 9.93. The fourth-order valence-corrected chi connectivity index (χ4v) is 0.769. The van der Waals surface area contributed by atoms with Crippen molar-refractivity contribution in [2.75, 3.05) is 0 Å². The first-order valence-corrected chi connectivity index (χ1v) is 3.52. The fourth-order valence-electron chi connectivity index (χ4n) is 0.451. The minimum Gasteiger partial charge on any atom is -0.481 e. The third-order valence-electron chi connectivity index (χ3n) is 0.670. The Hall–Kier alpha value is -0.440. The van der Waals surface area contributed by atoms with Crippen molar-refractivity contribution >= 4 is 23.6 Å². The number of ether oxygens (including phenoxy) is 1. The molecular formula is C7H12O2S. The van der Waals surface area contributed by atoms with Crippen LogP contribution in [-0.2, 0) is 9.53 Å². The Morgan fingerprint density at radius 3 is 2.40 bits per heavy atom. The van der Waals surface area contributed by atoms with Gasteiger partial charge in [-0.15, -0.1) is 0 Å². The number of aldehydes is 1. The quantitative estimate of drug-likeness (QED) is 0.454. The molecule has 0 N–H and O–H groups in total. The molecule has 0 fully saturated rings. The first-order chi connectivity index (χ1) is 4.45. The molecule has 0 spiro atoms.